The van der Waals surface area contributed by atoms with E-state index in [-0.39, 0.29) is 58.4 Å². The highest BCUT2D eigenvalue weighted by molar-refractivity contribution is 5.98. The number of fused-ring (bicyclic) bond motifs is 4. The van der Waals surface area contributed by atoms with E-state index in [1.165, 1.54) is 0 Å². The Kier molecular flexibility index (Phi) is 9.42. The van der Waals surface area contributed by atoms with Crippen LogP contribution in [0, 0.1) is 37.5 Å². The Hall–Kier alpha value is -3.70. The summed E-state index contributed by atoms with van der Waals surface area (Å²) >= 11 is 0. The van der Waals surface area contributed by atoms with Crippen LogP contribution in [-0.4, -0.2) is 45.7 Å². The second kappa shape index (κ2) is 12.2. The third-order valence-electron chi connectivity index (χ3n) is 6.99. The molecule has 0 saturated heterocycles. The van der Waals surface area contributed by atoms with Crippen LogP contribution < -0.4 is 21.3 Å². The van der Waals surface area contributed by atoms with Gasteiger partial charge in [0.15, 0.2) is 11.4 Å². The molecule has 0 fully saturated rings. The minimum Gasteiger partial charge on any atom is -0.443 e. The zero-order chi connectivity index (χ0) is 30.0. The standard InChI is InChI=1S/C28H42N6O6/c1-11(2)17-23(35)31-19(13(5)6)27-34-22(16(10)40-27)26(38)30-18(12(3)4)24(36)32-20(14(7)8)28-33-21(15(9)39-28)25(37)29-17/h11-14,17-20H,1-10H3,(H,29,37)(H,30,38)(H,31,35)(H,32,36)/t17-,18-,19-,20-/m0/s1. The lowest BCUT2D eigenvalue weighted by atomic mass is 9.99. The lowest BCUT2D eigenvalue weighted by Gasteiger charge is -2.26. The number of hydrogen-bond acceptors (Lipinski definition) is 8. The largest absolute Gasteiger partial charge is 0.443 e. The molecule has 1 aliphatic heterocycles. The average Bonchev–Trinajstić information content (AvgIpc) is 3.43. The van der Waals surface area contributed by atoms with E-state index in [4.69, 9.17) is 8.83 Å². The highest BCUT2D eigenvalue weighted by Crippen LogP contribution is 2.26. The van der Waals surface area contributed by atoms with E-state index < -0.39 is 47.8 Å². The quantitative estimate of drug-likeness (QED) is 0.444. The molecule has 3 heterocycles. The van der Waals surface area contributed by atoms with Crippen LogP contribution in [0.2, 0.25) is 0 Å². The number of nitrogens with zero attached hydrogens (tertiary/aromatic N) is 2. The van der Waals surface area contributed by atoms with Gasteiger partial charge in [0.2, 0.25) is 23.6 Å². The van der Waals surface area contributed by atoms with Crippen LogP contribution in [0.15, 0.2) is 8.83 Å². The van der Waals surface area contributed by atoms with Crippen molar-refractivity contribution in [2.75, 3.05) is 0 Å². The number of carbonyl (C=O) groups excluding carboxylic acids is 4. The molecule has 3 rings (SSSR count). The summed E-state index contributed by atoms with van der Waals surface area (Å²) in [5.41, 5.74) is 0.0492. The molecule has 2 aromatic heterocycles. The zero-order valence-electron chi connectivity index (χ0n) is 25.0. The van der Waals surface area contributed by atoms with Gasteiger partial charge in [-0.1, -0.05) is 55.4 Å². The summed E-state index contributed by atoms with van der Waals surface area (Å²) in [6, 6.07) is -3.17. The van der Waals surface area contributed by atoms with Gasteiger partial charge in [0, 0.05) is 0 Å². The first-order valence-electron chi connectivity index (χ1n) is 13.8. The Balaban J connectivity index is 2.14. The normalized spacial score (nSPS) is 23.1. The van der Waals surface area contributed by atoms with Gasteiger partial charge >= 0.3 is 0 Å². The summed E-state index contributed by atoms with van der Waals surface area (Å²) in [5, 5.41) is 11.4. The second-order valence-corrected chi connectivity index (χ2v) is 11.8. The van der Waals surface area contributed by atoms with E-state index in [0.717, 1.165) is 0 Å². The zero-order valence-corrected chi connectivity index (χ0v) is 25.0. The second-order valence-electron chi connectivity index (χ2n) is 11.8. The number of aryl methyl sites for hydroxylation is 2. The molecule has 0 saturated carbocycles. The van der Waals surface area contributed by atoms with Gasteiger partial charge in [0.1, 0.15) is 35.7 Å². The Morgan fingerprint density at radius 3 is 1.10 bits per heavy atom. The van der Waals surface area contributed by atoms with E-state index in [1.807, 2.05) is 55.4 Å². The van der Waals surface area contributed by atoms with Gasteiger partial charge in [-0.2, -0.15) is 0 Å². The van der Waals surface area contributed by atoms with Crippen molar-refractivity contribution in [2.24, 2.45) is 23.7 Å². The molecule has 4 amide bonds. The monoisotopic (exact) mass is 558 g/mol. The van der Waals surface area contributed by atoms with Crippen molar-refractivity contribution >= 4 is 23.6 Å². The third kappa shape index (κ3) is 6.53. The Labute approximate surface area is 234 Å². The molecule has 40 heavy (non-hydrogen) atoms. The Bertz CT molecular complexity index is 1160. The van der Waals surface area contributed by atoms with Gasteiger partial charge in [-0.05, 0) is 37.5 Å². The topological polar surface area (TPSA) is 168 Å². The molecule has 4 bridgehead atoms. The fourth-order valence-electron chi connectivity index (χ4n) is 4.52. The number of amides is 4. The molecule has 0 aliphatic carbocycles. The summed E-state index contributed by atoms with van der Waals surface area (Å²) in [6.07, 6.45) is 0. The number of aromatic nitrogens is 2. The van der Waals surface area contributed by atoms with Crippen molar-refractivity contribution < 1.29 is 28.0 Å². The highest BCUT2D eigenvalue weighted by Gasteiger charge is 2.35. The van der Waals surface area contributed by atoms with Gasteiger partial charge in [-0.15, -0.1) is 0 Å². The third-order valence-corrected chi connectivity index (χ3v) is 6.99. The van der Waals surface area contributed by atoms with Gasteiger partial charge in [-0.3, -0.25) is 19.2 Å². The number of nitrogens with one attached hydrogen (secondary N) is 4. The fourth-order valence-corrected chi connectivity index (χ4v) is 4.52. The van der Waals surface area contributed by atoms with Crippen LogP contribution in [0.5, 0.6) is 0 Å². The van der Waals surface area contributed by atoms with Crippen LogP contribution >= 0.6 is 0 Å². The van der Waals surface area contributed by atoms with Crippen LogP contribution in [0.25, 0.3) is 0 Å². The smallest absolute Gasteiger partial charge is 0.274 e. The van der Waals surface area contributed by atoms with Crippen LogP contribution in [0.4, 0.5) is 0 Å². The summed E-state index contributed by atoms with van der Waals surface area (Å²) in [6.45, 7) is 18.0. The summed E-state index contributed by atoms with van der Waals surface area (Å²) in [4.78, 5) is 62.4. The molecule has 0 unspecified atom stereocenters. The fraction of sp³-hybridized carbons (Fsp3) is 0.643. The van der Waals surface area contributed by atoms with Gasteiger partial charge in [0.25, 0.3) is 11.8 Å². The van der Waals surface area contributed by atoms with E-state index in [2.05, 4.69) is 31.2 Å². The van der Waals surface area contributed by atoms with E-state index >= 15 is 0 Å². The maximum absolute atomic E-state index is 13.5. The average molecular weight is 559 g/mol. The first kappa shape index (κ1) is 30.8. The molecule has 220 valence electrons. The van der Waals surface area contributed by atoms with Gasteiger partial charge in [-0.25, -0.2) is 9.97 Å². The molecule has 2 aromatic rings. The molecule has 0 aromatic carbocycles. The van der Waals surface area contributed by atoms with Crippen molar-refractivity contribution in [1.29, 1.82) is 0 Å². The molecular weight excluding hydrogens is 516 g/mol. The van der Waals surface area contributed by atoms with Crippen molar-refractivity contribution in [1.82, 2.24) is 31.2 Å². The maximum atomic E-state index is 13.5. The van der Waals surface area contributed by atoms with Crippen molar-refractivity contribution in [3.63, 3.8) is 0 Å². The number of carbonyl (C=O) groups is 4. The number of hydrogen-bond donors (Lipinski definition) is 4. The van der Waals surface area contributed by atoms with Crippen molar-refractivity contribution in [2.45, 2.75) is 93.4 Å². The van der Waals surface area contributed by atoms with Crippen LogP contribution in [0.1, 0.15) is 112 Å². The molecule has 12 heteroatoms. The first-order valence-corrected chi connectivity index (χ1v) is 13.8. The van der Waals surface area contributed by atoms with Crippen molar-refractivity contribution in [3.8, 4) is 0 Å². The van der Waals surface area contributed by atoms with E-state index in [9.17, 15) is 19.2 Å². The number of rotatable bonds is 4. The molecule has 0 radical (unpaired) electrons. The molecule has 0 spiro atoms. The lowest BCUT2D eigenvalue weighted by molar-refractivity contribution is -0.126. The highest BCUT2D eigenvalue weighted by atomic mass is 16.4. The molecule has 4 atom stereocenters. The molecule has 1 aliphatic rings. The summed E-state index contributed by atoms with van der Waals surface area (Å²) < 4.78 is 11.7. The SMILES string of the molecule is Cc1oc2nc1C(=O)N[C@@H](C(C)C)C(=O)N[C@@H](C(C)C)c1nc(c(C)o1)C(=O)N[C@@H](C(C)C)C(=O)N[C@H]2C(C)C. The molecular formula is C28H42N6O6. The Morgan fingerprint density at radius 2 is 0.825 bits per heavy atom. The number of oxazole rings is 2. The lowest BCUT2D eigenvalue weighted by Crippen LogP contribution is -2.51. The molecule has 12 nitrogen and oxygen atoms in total. The van der Waals surface area contributed by atoms with Gasteiger partial charge in [0.05, 0.1) is 0 Å². The van der Waals surface area contributed by atoms with Crippen molar-refractivity contribution in [3.05, 3.63) is 34.7 Å². The maximum Gasteiger partial charge on any atom is 0.274 e. The summed E-state index contributed by atoms with van der Waals surface area (Å²) in [5.74, 6) is -2.03. The predicted octanol–water partition coefficient (Wildman–Crippen LogP) is 3.13. The van der Waals surface area contributed by atoms with E-state index in [1.54, 1.807) is 13.8 Å². The summed E-state index contributed by atoms with van der Waals surface area (Å²) in [7, 11) is 0. The Morgan fingerprint density at radius 1 is 0.525 bits per heavy atom. The van der Waals surface area contributed by atoms with Gasteiger partial charge < -0.3 is 30.1 Å². The van der Waals surface area contributed by atoms with E-state index in [0.29, 0.717) is 0 Å². The predicted molar refractivity (Wildman–Crippen MR) is 146 cm³/mol. The van der Waals surface area contributed by atoms with Crippen LogP contribution in [-0.2, 0) is 9.59 Å². The first-order chi connectivity index (χ1) is 18.6. The minimum atomic E-state index is -0.904. The van der Waals surface area contributed by atoms with Crippen LogP contribution in [0.3, 0.4) is 0 Å². The molecule has 4 N–H and O–H groups in total. The minimum absolute atomic E-state index is 0.0246.